The van der Waals surface area contributed by atoms with Crippen LogP contribution in [0.1, 0.15) is 31.2 Å². The van der Waals surface area contributed by atoms with E-state index in [2.05, 4.69) is 27.1 Å². The van der Waals surface area contributed by atoms with Gasteiger partial charge in [0.15, 0.2) is 0 Å². The molecule has 1 aromatic carbocycles. The number of para-hydroxylation sites is 1. The summed E-state index contributed by atoms with van der Waals surface area (Å²) in [5.74, 6) is 0.822. The highest BCUT2D eigenvalue weighted by molar-refractivity contribution is 5.74. The maximum atomic E-state index is 12.8. The van der Waals surface area contributed by atoms with Crippen molar-refractivity contribution >= 4 is 6.03 Å². The number of benzene rings is 1. The number of hydrogen-bond donors (Lipinski definition) is 1. The predicted octanol–water partition coefficient (Wildman–Crippen LogP) is 2.40. The van der Waals surface area contributed by atoms with Gasteiger partial charge in [-0.25, -0.2) is 4.79 Å². The van der Waals surface area contributed by atoms with Crippen LogP contribution in [0.15, 0.2) is 24.3 Å². The fourth-order valence-corrected chi connectivity index (χ4v) is 4.09. The van der Waals surface area contributed by atoms with Crippen molar-refractivity contribution in [3.05, 3.63) is 29.8 Å². The summed E-state index contributed by atoms with van der Waals surface area (Å²) in [6, 6.07) is 8.27. The maximum Gasteiger partial charge on any atom is 0.317 e. The summed E-state index contributed by atoms with van der Waals surface area (Å²) in [5.41, 5.74) is 1.01. The molecule has 6 nitrogen and oxygen atoms in total. The quantitative estimate of drug-likeness (QED) is 0.831. The van der Waals surface area contributed by atoms with E-state index in [0.717, 1.165) is 69.8 Å². The second-order valence-electron chi connectivity index (χ2n) is 7.75. The van der Waals surface area contributed by atoms with Crippen LogP contribution in [0.5, 0.6) is 5.75 Å². The Morgan fingerprint density at radius 3 is 2.70 bits per heavy atom. The van der Waals surface area contributed by atoms with E-state index in [-0.39, 0.29) is 6.03 Å². The topological polar surface area (TPSA) is 48.1 Å². The third-order valence-electron chi connectivity index (χ3n) is 5.89. The van der Waals surface area contributed by atoms with Crippen molar-refractivity contribution in [2.24, 2.45) is 0 Å². The number of rotatable bonds is 6. The zero-order chi connectivity index (χ0) is 19.1. The molecule has 1 aromatic rings. The highest BCUT2D eigenvalue weighted by Crippen LogP contribution is 2.21. The summed E-state index contributed by atoms with van der Waals surface area (Å²) in [6.07, 6.45) is 4.53. The molecule has 2 fully saturated rings. The number of hydrogen-bond acceptors (Lipinski definition) is 4. The highest BCUT2D eigenvalue weighted by Gasteiger charge is 2.27. The van der Waals surface area contributed by atoms with E-state index in [0.29, 0.717) is 12.6 Å². The lowest BCUT2D eigenvalue weighted by molar-refractivity contribution is 0.117. The van der Waals surface area contributed by atoms with Gasteiger partial charge in [-0.1, -0.05) is 18.2 Å². The molecule has 2 heterocycles. The number of likely N-dealkylation sites (N-methyl/N-ethyl adjacent to an activating group) is 1. The minimum atomic E-state index is 0.0592. The Balaban J connectivity index is 1.50. The summed E-state index contributed by atoms with van der Waals surface area (Å²) in [5, 5.41) is 3.10. The molecule has 0 saturated carbocycles. The molecule has 2 aliphatic heterocycles. The molecule has 2 aliphatic rings. The van der Waals surface area contributed by atoms with Gasteiger partial charge >= 0.3 is 6.03 Å². The number of methoxy groups -OCH3 is 1. The SMILES string of the molecule is COc1ccccc1CNC(=O)N1CCCC[C@@H]1CCN1CCN(C)CC1. The standard InChI is InChI=1S/C21H34N4O2/c1-23-13-15-24(16-14-23)12-10-19-8-5-6-11-25(19)21(26)22-17-18-7-3-4-9-20(18)27-2/h3-4,7,9,19H,5-6,8,10-17H2,1-2H3,(H,22,26)/t19-/m1/s1. The van der Waals surface area contributed by atoms with E-state index in [1.807, 2.05) is 24.3 Å². The van der Waals surface area contributed by atoms with Crippen LogP contribution < -0.4 is 10.1 Å². The lowest BCUT2D eigenvalue weighted by Gasteiger charge is -2.38. The van der Waals surface area contributed by atoms with Crippen LogP contribution in [0.4, 0.5) is 4.79 Å². The normalized spacial score (nSPS) is 21.9. The van der Waals surface area contributed by atoms with E-state index in [9.17, 15) is 4.79 Å². The number of piperazine rings is 1. The first-order chi connectivity index (χ1) is 13.2. The first kappa shape index (κ1) is 20.0. The molecule has 0 aliphatic carbocycles. The summed E-state index contributed by atoms with van der Waals surface area (Å²) >= 11 is 0. The number of carbonyl (C=O) groups is 1. The molecule has 1 N–H and O–H groups in total. The zero-order valence-electron chi connectivity index (χ0n) is 16.8. The largest absolute Gasteiger partial charge is 0.496 e. The van der Waals surface area contributed by atoms with Gasteiger partial charge in [0, 0.05) is 57.4 Å². The van der Waals surface area contributed by atoms with Gasteiger partial charge < -0.3 is 24.8 Å². The molecule has 2 saturated heterocycles. The molecule has 27 heavy (non-hydrogen) atoms. The lowest BCUT2D eigenvalue weighted by Crippen LogP contribution is -2.50. The van der Waals surface area contributed by atoms with Crippen LogP contribution >= 0.6 is 0 Å². The number of nitrogens with zero attached hydrogens (tertiary/aromatic N) is 3. The first-order valence-electron chi connectivity index (χ1n) is 10.2. The highest BCUT2D eigenvalue weighted by atomic mass is 16.5. The van der Waals surface area contributed by atoms with Crippen molar-refractivity contribution < 1.29 is 9.53 Å². The average Bonchev–Trinajstić information content (AvgIpc) is 2.72. The summed E-state index contributed by atoms with van der Waals surface area (Å²) in [6.45, 7) is 7.04. The number of likely N-dealkylation sites (tertiary alicyclic amines) is 1. The second-order valence-corrected chi connectivity index (χ2v) is 7.75. The Morgan fingerprint density at radius 1 is 1.15 bits per heavy atom. The lowest BCUT2D eigenvalue weighted by atomic mass is 9.99. The molecule has 2 amide bonds. The molecule has 3 rings (SSSR count). The Bertz CT molecular complexity index is 602. The van der Waals surface area contributed by atoms with Crippen LogP contribution in [0.25, 0.3) is 0 Å². The maximum absolute atomic E-state index is 12.8. The minimum Gasteiger partial charge on any atom is -0.496 e. The number of urea groups is 1. The monoisotopic (exact) mass is 374 g/mol. The van der Waals surface area contributed by atoms with E-state index in [4.69, 9.17) is 4.74 Å². The van der Waals surface area contributed by atoms with Gasteiger partial charge in [0.05, 0.1) is 7.11 Å². The molecule has 0 aromatic heterocycles. The van der Waals surface area contributed by atoms with Gasteiger partial charge in [-0.3, -0.25) is 0 Å². The number of piperidine rings is 1. The van der Waals surface area contributed by atoms with E-state index in [1.54, 1.807) is 7.11 Å². The van der Waals surface area contributed by atoms with Crippen molar-refractivity contribution in [2.45, 2.75) is 38.3 Å². The van der Waals surface area contributed by atoms with Crippen molar-refractivity contribution in [2.75, 3.05) is 53.4 Å². The summed E-state index contributed by atoms with van der Waals surface area (Å²) in [4.78, 5) is 19.8. The van der Waals surface area contributed by atoms with Gasteiger partial charge in [0.1, 0.15) is 5.75 Å². The third-order valence-corrected chi connectivity index (χ3v) is 5.89. The summed E-state index contributed by atoms with van der Waals surface area (Å²) in [7, 11) is 3.85. The van der Waals surface area contributed by atoms with Crippen molar-refractivity contribution in [1.29, 1.82) is 0 Å². The van der Waals surface area contributed by atoms with Crippen molar-refractivity contribution in [1.82, 2.24) is 20.0 Å². The van der Waals surface area contributed by atoms with Crippen molar-refractivity contribution in [3.63, 3.8) is 0 Å². The molecule has 150 valence electrons. The third kappa shape index (κ3) is 5.59. The van der Waals surface area contributed by atoms with Gasteiger partial charge in [0.2, 0.25) is 0 Å². The van der Waals surface area contributed by atoms with Gasteiger partial charge in [-0.05, 0) is 38.8 Å². The predicted molar refractivity (Wildman–Crippen MR) is 108 cm³/mol. The number of carbonyl (C=O) groups excluding carboxylic acids is 1. The minimum absolute atomic E-state index is 0.0592. The van der Waals surface area contributed by atoms with E-state index >= 15 is 0 Å². The average molecular weight is 375 g/mol. The zero-order valence-corrected chi connectivity index (χ0v) is 16.8. The Labute approximate surface area is 163 Å². The number of nitrogens with one attached hydrogen (secondary N) is 1. The van der Waals surface area contributed by atoms with Gasteiger partial charge in [-0.15, -0.1) is 0 Å². The molecule has 0 bridgehead atoms. The Kier molecular flexibility index (Phi) is 7.35. The molecular formula is C21H34N4O2. The first-order valence-corrected chi connectivity index (χ1v) is 10.2. The smallest absolute Gasteiger partial charge is 0.317 e. The van der Waals surface area contributed by atoms with Crippen LogP contribution in [0, 0.1) is 0 Å². The summed E-state index contributed by atoms with van der Waals surface area (Å²) < 4.78 is 5.38. The molecule has 1 atom stereocenters. The Morgan fingerprint density at radius 2 is 1.93 bits per heavy atom. The number of ether oxygens (including phenoxy) is 1. The van der Waals surface area contributed by atoms with Crippen LogP contribution in [0.2, 0.25) is 0 Å². The fraction of sp³-hybridized carbons (Fsp3) is 0.667. The Hall–Kier alpha value is -1.79. The molecule has 6 heteroatoms. The van der Waals surface area contributed by atoms with E-state index < -0.39 is 0 Å². The van der Waals surface area contributed by atoms with E-state index in [1.165, 1.54) is 6.42 Å². The molecule has 0 radical (unpaired) electrons. The van der Waals surface area contributed by atoms with Gasteiger partial charge in [-0.2, -0.15) is 0 Å². The van der Waals surface area contributed by atoms with Crippen molar-refractivity contribution in [3.8, 4) is 5.75 Å². The molecule has 0 unspecified atom stereocenters. The molecular weight excluding hydrogens is 340 g/mol. The van der Waals surface area contributed by atoms with Crippen LogP contribution in [-0.4, -0.2) is 80.2 Å². The fourth-order valence-electron chi connectivity index (χ4n) is 4.09. The molecule has 0 spiro atoms. The van der Waals surface area contributed by atoms with Crippen LogP contribution in [0.3, 0.4) is 0 Å². The van der Waals surface area contributed by atoms with Gasteiger partial charge in [0.25, 0.3) is 0 Å². The number of amides is 2. The van der Waals surface area contributed by atoms with Crippen LogP contribution in [-0.2, 0) is 6.54 Å². The second kappa shape index (κ2) is 9.95.